The van der Waals surface area contributed by atoms with E-state index in [0.717, 1.165) is 4.68 Å². The normalized spacial score (nSPS) is 11.1. The average Bonchev–Trinajstić information content (AvgIpc) is 2.72. The number of carbonyl (C=O) groups excluding carboxylic acids is 1. The van der Waals surface area contributed by atoms with Crippen LogP contribution in [0.25, 0.3) is 10.9 Å². The highest BCUT2D eigenvalue weighted by molar-refractivity contribution is 9.10. The van der Waals surface area contributed by atoms with Crippen LogP contribution in [0, 0.1) is 17.0 Å². The molecule has 0 aliphatic heterocycles. The molecule has 3 aromatic rings. The van der Waals surface area contributed by atoms with Crippen molar-refractivity contribution in [3.63, 3.8) is 0 Å². The van der Waals surface area contributed by atoms with Gasteiger partial charge in [-0.15, -0.1) is 0 Å². The smallest absolute Gasteiger partial charge is 0.315 e. The van der Waals surface area contributed by atoms with Crippen LogP contribution in [0.2, 0.25) is 0 Å². The maximum absolute atomic E-state index is 12.8. The van der Waals surface area contributed by atoms with Crippen molar-refractivity contribution in [2.45, 2.75) is 6.92 Å². The molecule has 31 heavy (non-hydrogen) atoms. The number of nitro benzene ring substituents is 1. The van der Waals surface area contributed by atoms with E-state index in [1.807, 2.05) is 0 Å². The second-order valence-corrected chi connectivity index (χ2v) is 7.18. The van der Waals surface area contributed by atoms with E-state index >= 15 is 0 Å². The van der Waals surface area contributed by atoms with Gasteiger partial charge in [0.05, 0.1) is 29.2 Å². The highest BCUT2D eigenvalue weighted by Crippen LogP contribution is 2.38. The molecule has 12 heteroatoms. The maximum Gasteiger partial charge on any atom is 0.315 e. The SMILES string of the molecule is COc1cc(C=Nn2c(C)nc3ccc(Br)cc3c2=O)cc([N+](=O)[O-])c1OCC(N)=O. The highest BCUT2D eigenvalue weighted by atomic mass is 79.9. The Hall–Kier alpha value is -3.80. The summed E-state index contributed by atoms with van der Waals surface area (Å²) in [5, 5.41) is 16.0. The van der Waals surface area contributed by atoms with E-state index in [-0.39, 0.29) is 17.1 Å². The quantitative estimate of drug-likeness (QED) is 0.303. The number of ether oxygens (including phenoxy) is 2. The van der Waals surface area contributed by atoms with Crippen molar-refractivity contribution in [2.24, 2.45) is 10.8 Å². The van der Waals surface area contributed by atoms with Crippen molar-refractivity contribution in [3.05, 3.63) is 66.7 Å². The zero-order chi connectivity index (χ0) is 22.7. The fraction of sp³-hybridized carbons (Fsp3) is 0.158. The topological polar surface area (TPSA) is 152 Å². The summed E-state index contributed by atoms with van der Waals surface area (Å²) in [4.78, 5) is 38.9. The predicted molar refractivity (Wildman–Crippen MR) is 116 cm³/mol. The standard InChI is InChI=1S/C19H16BrN5O6/c1-10-23-14-4-3-12(20)7-13(14)19(27)24(10)22-8-11-5-15(25(28)29)18(16(6-11)30-2)31-9-17(21)26/h3-8H,9H2,1-2H3,(H2,21,26). The van der Waals surface area contributed by atoms with E-state index < -0.39 is 28.7 Å². The lowest BCUT2D eigenvalue weighted by molar-refractivity contribution is -0.385. The number of nitro groups is 1. The van der Waals surface area contributed by atoms with Gasteiger partial charge in [-0.1, -0.05) is 15.9 Å². The highest BCUT2D eigenvalue weighted by Gasteiger charge is 2.22. The fourth-order valence-electron chi connectivity index (χ4n) is 2.78. The van der Waals surface area contributed by atoms with Crippen molar-refractivity contribution >= 4 is 44.6 Å². The Morgan fingerprint density at radius 3 is 2.77 bits per heavy atom. The summed E-state index contributed by atoms with van der Waals surface area (Å²) in [5.41, 5.74) is 4.97. The van der Waals surface area contributed by atoms with Gasteiger partial charge in [0.2, 0.25) is 5.75 Å². The van der Waals surface area contributed by atoms with Crippen molar-refractivity contribution in [2.75, 3.05) is 13.7 Å². The van der Waals surface area contributed by atoms with Crippen molar-refractivity contribution in [1.82, 2.24) is 9.66 Å². The second-order valence-electron chi connectivity index (χ2n) is 6.27. The van der Waals surface area contributed by atoms with Crippen molar-refractivity contribution in [1.29, 1.82) is 0 Å². The summed E-state index contributed by atoms with van der Waals surface area (Å²) in [6.07, 6.45) is 1.26. The molecule has 11 nitrogen and oxygen atoms in total. The number of aromatic nitrogens is 2. The molecule has 0 spiro atoms. The number of aryl methyl sites for hydroxylation is 1. The molecule has 0 aliphatic rings. The minimum absolute atomic E-state index is 0.00142. The molecular formula is C19H16BrN5O6. The molecule has 0 atom stereocenters. The maximum atomic E-state index is 12.8. The van der Waals surface area contributed by atoms with Crippen LogP contribution in [-0.2, 0) is 4.79 Å². The summed E-state index contributed by atoms with van der Waals surface area (Å²) in [7, 11) is 1.29. The van der Waals surface area contributed by atoms with Gasteiger partial charge in [0.25, 0.3) is 11.5 Å². The van der Waals surface area contributed by atoms with E-state index in [2.05, 4.69) is 26.0 Å². The lowest BCUT2D eigenvalue weighted by atomic mass is 10.2. The number of methoxy groups -OCH3 is 1. The number of nitrogens with zero attached hydrogens (tertiary/aromatic N) is 4. The predicted octanol–water partition coefficient (Wildman–Crippen LogP) is 2.13. The fourth-order valence-corrected chi connectivity index (χ4v) is 3.14. The molecule has 3 rings (SSSR count). The van der Waals surface area contributed by atoms with Gasteiger partial charge in [-0.05, 0) is 31.2 Å². The van der Waals surface area contributed by atoms with Crippen LogP contribution in [0.4, 0.5) is 5.69 Å². The molecule has 160 valence electrons. The summed E-state index contributed by atoms with van der Waals surface area (Å²) < 4.78 is 12.1. The summed E-state index contributed by atoms with van der Waals surface area (Å²) >= 11 is 3.32. The number of carbonyl (C=O) groups is 1. The Morgan fingerprint density at radius 1 is 1.39 bits per heavy atom. The number of amides is 1. The number of halogens is 1. The Balaban J connectivity index is 2.08. The van der Waals surface area contributed by atoms with Crippen molar-refractivity contribution < 1.29 is 19.2 Å². The van der Waals surface area contributed by atoms with Gasteiger partial charge < -0.3 is 15.2 Å². The van der Waals surface area contributed by atoms with Gasteiger partial charge in [-0.2, -0.15) is 9.78 Å². The third-order valence-corrected chi connectivity index (χ3v) is 4.62. The molecule has 0 saturated carbocycles. The summed E-state index contributed by atoms with van der Waals surface area (Å²) in [6, 6.07) is 7.71. The van der Waals surface area contributed by atoms with Gasteiger partial charge in [0, 0.05) is 16.1 Å². The second kappa shape index (κ2) is 8.92. The van der Waals surface area contributed by atoms with Crippen LogP contribution in [0.1, 0.15) is 11.4 Å². The first kappa shape index (κ1) is 21.9. The largest absolute Gasteiger partial charge is 0.493 e. The first-order valence-electron chi connectivity index (χ1n) is 8.72. The van der Waals surface area contributed by atoms with Crippen LogP contribution >= 0.6 is 15.9 Å². The van der Waals surface area contributed by atoms with Crippen LogP contribution in [0.5, 0.6) is 11.5 Å². The van der Waals surface area contributed by atoms with Crippen LogP contribution in [0.3, 0.4) is 0 Å². The zero-order valence-electron chi connectivity index (χ0n) is 16.4. The molecule has 0 unspecified atom stereocenters. The third kappa shape index (κ3) is 4.69. The van der Waals surface area contributed by atoms with Gasteiger partial charge in [-0.3, -0.25) is 19.7 Å². The average molecular weight is 490 g/mol. The third-order valence-electron chi connectivity index (χ3n) is 4.13. The van der Waals surface area contributed by atoms with Gasteiger partial charge in [-0.25, -0.2) is 4.98 Å². The molecule has 2 N–H and O–H groups in total. The number of benzene rings is 2. The van der Waals surface area contributed by atoms with Gasteiger partial charge in [0.15, 0.2) is 12.4 Å². The Morgan fingerprint density at radius 2 is 2.13 bits per heavy atom. The number of nitrogens with two attached hydrogens (primary N) is 1. The molecular weight excluding hydrogens is 474 g/mol. The number of primary amides is 1. The van der Waals surface area contributed by atoms with E-state index in [9.17, 15) is 19.7 Å². The summed E-state index contributed by atoms with van der Waals surface area (Å²) in [6.45, 7) is 1.06. The van der Waals surface area contributed by atoms with E-state index in [4.69, 9.17) is 15.2 Å². The Kier molecular flexibility index (Phi) is 6.30. The zero-order valence-corrected chi connectivity index (χ0v) is 18.0. The van der Waals surface area contributed by atoms with Gasteiger partial charge in [0.1, 0.15) is 5.82 Å². The minimum Gasteiger partial charge on any atom is -0.493 e. The molecule has 0 bridgehead atoms. The van der Waals surface area contributed by atoms with Gasteiger partial charge >= 0.3 is 5.69 Å². The molecule has 0 aliphatic carbocycles. The van der Waals surface area contributed by atoms with E-state index in [1.54, 1.807) is 25.1 Å². The first-order chi connectivity index (χ1) is 14.7. The number of hydrogen-bond donors (Lipinski definition) is 1. The number of rotatable bonds is 7. The number of fused-ring (bicyclic) bond motifs is 1. The van der Waals surface area contributed by atoms with Crippen molar-refractivity contribution in [3.8, 4) is 11.5 Å². The molecule has 2 aromatic carbocycles. The van der Waals surface area contributed by atoms with E-state index in [0.29, 0.717) is 21.2 Å². The molecule has 0 radical (unpaired) electrons. The number of hydrogen-bond acceptors (Lipinski definition) is 8. The molecule has 0 saturated heterocycles. The Labute approximate surface area is 183 Å². The lowest BCUT2D eigenvalue weighted by Crippen LogP contribution is -2.21. The monoisotopic (exact) mass is 489 g/mol. The summed E-state index contributed by atoms with van der Waals surface area (Å²) in [5.74, 6) is -0.707. The van der Waals surface area contributed by atoms with E-state index in [1.165, 1.54) is 25.5 Å². The van der Waals surface area contributed by atoms with Crippen LogP contribution in [-0.4, -0.2) is 40.4 Å². The molecule has 1 amide bonds. The lowest BCUT2D eigenvalue weighted by Gasteiger charge is -2.11. The van der Waals surface area contributed by atoms with Crippen LogP contribution in [0.15, 0.2) is 44.7 Å². The molecule has 1 heterocycles. The minimum atomic E-state index is -0.799. The molecule has 1 aromatic heterocycles. The Bertz CT molecular complexity index is 1290. The first-order valence-corrected chi connectivity index (χ1v) is 9.51. The van der Waals surface area contributed by atoms with Crippen LogP contribution < -0.4 is 20.8 Å². The molecule has 0 fully saturated rings.